The largest absolute Gasteiger partial charge is 0.375 e. The number of hydrogen-bond donors (Lipinski definition) is 0. The van der Waals surface area contributed by atoms with Crippen LogP contribution in [0, 0.1) is 6.92 Å². The molecule has 0 bridgehead atoms. The summed E-state index contributed by atoms with van der Waals surface area (Å²) in [5, 5.41) is 2.61. The lowest BCUT2D eigenvalue weighted by molar-refractivity contribution is 0.590. The Kier molecular flexibility index (Phi) is 10.9. The summed E-state index contributed by atoms with van der Waals surface area (Å²) in [6.07, 6.45) is 0. The fraction of sp³-hybridized carbons (Fsp3) is 0.125. The molecule has 12 aromatic rings. The summed E-state index contributed by atoms with van der Waals surface area (Å²) in [5.74, 6) is 1.90. The topological polar surface area (TPSA) is 46.8 Å². The van der Waals surface area contributed by atoms with Crippen LogP contribution in [-0.2, 0) is 10.8 Å². The number of hydrogen-bond acceptors (Lipinski definition) is 4. The number of nitrogens with zero attached hydrogens (tertiary/aromatic N) is 5. The van der Waals surface area contributed by atoms with E-state index in [9.17, 15) is 0 Å². The Hall–Kier alpha value is -9.13. The summed E-state index contributed by atoms with van der Waals surface area (Å²) in [5.41, 5.74) is 24.6. The Bertz CT molecular complexity index is 4230. The van der Waals surface area contributed by atoms with Gasteiger partial charge in [-0.05, 0) is 145 Å². The molecule has 0 amide bonds. The van der Waals surface area contributed by atoms with Gasteiger partial charge in [0.25, 0.3) is 0 Å². The molecular weight excluding hydrogens is 946 g/mol. The van der Waals surface area contributed by atoms with Crippen LogP contribution in [0.4, 0.5) is 17.1 Å². The Morgan fingerprint density at radius 3 is 1.47 bits per heavy atom. The van der Waals surface area contributed by atoms with Gasteiger partial charge in [-0.3, -0.25) is 0 Å². The molecule has 2 aliphatic heterocycles. The number of para-hydroxylation sites is 1. The van der Waals surface area contributed by atoms with Crippen molar-refractivity contribution in [2.45, 2.75) is 59.3 Å². The van der Waals surface area contributed by atoms with Crippen LogP contribution < -0.4 is 15.8 Å². The molecule has 0 N–H and O–H groups in total. The van der Waals surface area contributed by atoms with Gasteiger partial charge in [0.15, 0.2) is 17.5 Å². The molecule has 2 aromatic heterocycles. The number of rotatable bonds is 7. The molecule has 0 radical (unpaired) electrons. The Morgan fingerprint density at radius 1 is 0.385 bits per heavy atom. The number of aromatic nitrogens is 4. The highest BCUT2D eigenvalue weighted by atomic mass is 15.2. The molecule has 0 saturated carbocycles. The normalized spacial score (nSPS) is 12.8. The molecular formula is C72H58BN5. The average Bonchev–Trinajstić information content (AvgIpc) is 3.02. The van der Waals surface area contributed by atoms with E-state index < -0.39 is 0 Å². The van der Waals surface area contributed by atoms with Crippen molar-refractivity contribution in [2.75, 3.05) is 4.90 Å². The number of benzene rings is 10. The minimum atomic E-state index is -0.121. The van der Waals surface area contributed by atoms with Crippen LogP contribution >= 0.6 is 0 Å². The summed E-state index contributed by atoms with van der Waals surface area (Å²) < 4.78 is 2.70. The van der Waals surface area contributed by atoms with Gasteiger partial charge < -0.3 is 9.38 Å². The van der Waals surface area contributed by atoms with Crippen LogP contribution in [0.15, 0.2) is 224 Å². The fourth-order valence-corrected chi connectivity index (χ4v) is 12.3. The maximum Gasteiger partial charge on any atom is 0.333 e. The highest BCUT2D eigenvalue weighted by Gasteiger charge is 2.44. The van der Waals surface area contributed by atoms with E-state index in [2.05, 4.69) is 246 Å². The summed E-state index contributed by atoms with van der Waals surface area (Å²) in [6.45, 7) is 16.3. The van der Waals surface area contributed by atoms with E-state index in [1.54, 1.807) is 0 Å². The Labute approximate surface area is 457 Å². The molecule has 78 heavy (non-hydrogen) atoms. The van der Waals surface area contributed by atoms with Gasteiger partial charge in [-0.1, -0.05) is 205 Å². The Morgan fingerprint density at radius 2 is 0.885 bits per heavy atom. The third kappa shape index (κ3) is 7.80. The standard InChI is InChI=1S/C72H58BN5/c1-45-57(50-31-22-32-51(37-50)70-75-68(48-27-16-10-17-28-48)74-69(76-70)49-29-18-11-19-30-49)44-64-66-65(45)60-43-55(72(5,6)7)42-59-58-41-54(71(2,3)4)35-36-62(58)78(67(59)60)73(66)61-33-20-21-34-63(61)77(64)56-39-52(46-23-12-8-13-24-46)38-53(40-56)47-25-14-9-15-26-47/h8-44H,1-7H3. The first kappa shape index (κ1) is 47.3. The fourth-order valence-electron chi connectivity index (χ4n) is 12.3. The van der Waals surface area contributed by atoms with E-state index in [1.165, 1.54) is 71.7 Å². The third-order valence-corrected chi connectivity index (χ3v) is 16.3. The van der Waals surface area contributed by atoms with Crippen LogP contribution in [0.3, 0.4) is 0 Å². The van der Waals surface area contributed by atoms with Crippen molar-refractivity contribution in [1.29, 1.82) is 0 Å². The molecule has 4 heterocycles. The van der Waals surface area contributed by atoms with Gasteiger partial charge in [0.1, 0.15) is 0 Å². The maximum absolute atomic E-state index is 5.22. The van der Waals surface area contributed by atoms with Crippen molar-refractivity contribution >= 4 is 56.6 Å². The first-order valence-corrected chi connectivity index (χ1v) is 27.3. The minimum absolute atomic E-state index is 0.0260. The van der Waals surface area contributed by atoms with E-state index in [0.29, 0.717) is 17.5 Å². The van der Waals surface area contributed by atoms with Crippen LogP contribution in [0.5, 0.6) is 0 Å². The zero-order valence-electron chi connectivity index (χ0n) is 45.2. The lowest BCUT2D eigenvalue weighted by Crippen LogP contribution is -2.57. The zero-order chi connectivity index (χ0) is 53.0. The molecule has 6 heteroatoms. The second-order valence-electron chi connectivity index (χ2n) is 23.3. The van der Waals surface area contributed by atoms with Crippen LogP contribution in [0.1, 0.15) is 58.2 Å². The van der Waals surface area contributed by atoms with Crippen molar-refractivity contribution in [3.8, 4) is 78.7 Å². The van der Waals surface area contributed by atoms with Crippen molar-refractivity contribution in [1.82, 2.24) is 19.4 Å². The van der Waals surface area contributed by atoms with E-state index in [-0.39, 0.29) is 17.7 Å². The van der Waals surface area contributed by atoms with Gasteiger partial charge in [0.2, 0.25) is 0 Å². The monoisotopic (exact) mass is 1000 g/mol. The first-order chi connectivity index (χ1) is 37.9. The van der Waals surface area contributed by atoms with Crippen LogP contribution in [0.2, 0.25) is 0 Å². The molecule has 0 atom stereocenters. The summed E-state index contributed by atoms with van der Waals surface area (Å²) in [7, 11) is 0. The van der Waals surface area contributed by atoms with Crippen LogP contribution in [-0.4, -0.2) is 26.3 Å². The van der Waals surface area contributed by atoms with Gasteiger partial charge in [-0.15, -0.1) is 0 Å². The van der Waals surface area contributed by atoms with Gasteiger partial charge in [-0.2, -0.15) is 0 Å². The predicted molar refractivity (Wildman–Crippen MR) is 328 cm³/mol. The summed E-state index contributed by atoms with van der Waals surface area (Å²) >= 11 is 0. The highest BCUT2D eigenvalue weighted by Crippen LogP contribution is 2.51. The lowest BCUT2D eigenvalue weighted by atomic mass is 9.44. The van der Waals surface area contributed by atoms with Crippen molar-refractivity contribution in [2.24, 2.45) is 0 Å². The van der Waals surface area contributed by atoms with Crippen molar-refractivity contribution < 1.29 is 0 Å². The van der Waals surface area contributed by atoms with E-state index in [4.69, 9.17) is 15.0 Å². The van der Waals surface area contributed by atoms with E-state index in [0.717, 1.165) is 56.0 Å². The molecule has 0 aliphatic carbocycles. The molecule has 2 aliphatic rings. The molecule has 0 fully saturated rings. The molecule has 5 nitrogen and oxygen atoms in total. The third-order valence-electron chi connectivity index (χ3n) is 16.3. The van der Waals surface area contributed by atoms with Crippen molar-refractivity contribution in [3.63, 3.8) is 0 Å². The number of fused-ring (bicyclic) bond motifs is 7. The molecule has 0 spiro atoms. The molecule has 374 valence electrons. The maximum atomic E-state index is 5.22. The first-order valence-electron chi connectivity index (χ1n) is 27.3. The molecule has 10 aromatic carbocycles. The quantitative estimate of drug-likeness (QED) is 0.149. The van der Waals surface area contributed by atoms with Gasteiger partial charge in [0, 0.05) is 61.1 Å². The molecule has 0 saturated heterocycles. The predicted octanol–water partition coefficient (Wildman–Crippen LogP) is 17.3. The summed E-state index contributed by atoms with van der Waals surface area (Å²) in [4.78, 5) is 18.0. The Balaban J connectivity index is 1.08. The van der Waals surface area contributed by atoms with E-state index in [1.807, 2.05) is 36.4 Å². The van der Waals surface area contributed by atoms with Crippen LogP contribution in [0.25, 0.3) is 100 Å². The minimum Gasteiger partial charge on any atom is -0.375 e. The highest BCUT2D eigenvalue weighted by molar-refractivity contribution is 6.90. The SMILES string of the molecule is Cc1c(-c2cccc(-c3nc(-c4ccccc4)nc(-c4ccccc4)n3)c2)cc2c3c1-c1cc(C(C)(C)C)cc4c5cc(C(C)(C)C)ccc5n(c14)B3c1ccccc1N2c1cc(-c2ccccc2)cc(-c2ccccc2)c1. The smallest absolute Gasteiger partial charge is 0.333 e. The number of anilines is 3. The second kappa shape index (κ2) is 18.0. The zero-order valence-corrected chi connectivity index (χ0v) is 45.2. The van der Waals surface area contributed by atoms with Gasteiger partial charge in [0.05, 0.1) is 0 Å². The van der Waals surface area contributed by atoms with E-state index >= 15 is 0 Å². The second-order valence-corrected chi connectivity index (χ2v) is 23.3. The molecule has 14 rings (SSSR count). The lowest BCUT2D eigenvalue weighted by Gasteiger charge is -2.42. The molecule has 0 unspecified atom stereocenters. The average molecular weight is 1000 g/mol. The van der Waals surface area contributed by atoms with Crippen molar-refractivity contribution in [3.05, 3.63) is 241 Å². The van der Waals surface area contributed by atoms with Gasteiger partial charge in [-0.25, -0.2) is 15.0 Å². The summed E-state index contributed by atoms with van der Waals surface area (Å²) in [6, 6.07) is 82.0. The van der Waals surface area contributed by atoms with Gasteiger partial charge >= 0.3 is 6.85 Å².